The first-order chi connectivity index (χ1) is 10.7. The lowest BCUT2D eigenvalue weighted by Gasteiger charge is -2.18. The van der Waals surface area contributed by atoms with E-state index in [2.05, 4.69) is 4.72 Å². The van der Waals surface area contributed by atoms with E-state index in [4.69, 9.17) is 4.74 Å². The summed E-state index contributed by atoms with van der Waals surface area (Å²) < 4.78 is 59.1. The van der Waals surface area contributed by atoms with Gasteiger partial charge in [0.1, 0.15) is 22.3 Å². The minimum absolute atomic E-state index is 0.505. The summed E-state index contributed by atoms with van der Waals surface area (Å²) in [6.07, 6.45) is 0. The van der Waals surface area contributed by atoms with Crippen LogP contribution in [0.4, 0.5) is 8.78 Å². The Morgan fingerprint density at radius 2 is 1.83 bits per heavy atom. The van der Waals surface area contributed by atoms with Gasteiger partial charge in [0.15, 0.2) is 0 Å². The molecule has 1 N–H and O–H groups in total. The van der Waals surface area contributed by atoms with Crippen LogP contribution in [0, 0.1) is 18.6 Å². The van der Waals surface area contributed by atoms with Crippen molar-refractivity contribution in [1.82, 2.24) is 4.72 Å². The summed E-state index contributed by atoms with van der Waals surface area (Å²) in [5.41, 5.74) is 1.52. The summed E-state index contributed by atoms with van der Waals surface area (Å²) in [4.78, 5) is -0.726. The number of hydrogen-bond acceptors (Lipinski definition) is 3. The summed E-state index contributed by atoms with van der Waals surface area (Å²) in [6, 6.07) is 6.93. The molecule has 0 bridgehead atoms. The van der Waals surface area contributed by atoms with Crippen LogP contribution < -0.4 is 9.46 Å². The Kier molecular flexibility index (Phi) is 5.01. The molecule has 0 fully saturated rings. The summed E-state index contributed by atoms with van der Waals surface area (Å²) in [5, 5.41) is 0. The molecule has 0 unspecified atom stereocenters. The lowest BCUT2D eigenvalue weighted by Crippen LogP contribution is -2.28. The first kappa shape index (κ1) is 17.4. The SMILES string of the molecule is COc1ccc(C)cc1[C@H](C)NS(=O)(=O)c1cc(F)ccc1F. The number of halogens is 2. The van der Waals surface area contributed by atoms with E-state index in [1.54, 1.807) is 19.1 Å². The van der Waals surface area contributed by atoms with Crippen LogP contribution in [0.15, 0.2) is 41.3 Å². The highest BCUT2D eigenvalue weighted by Crippen LogP contribution is 2.28. The van der Waals surface area contributed by atoms with Crippen molar-refractivity contribution in [3.8, 4) is 5.75 Å². The fourth-order valence-corrected chi connectivity index (χ4v) is 3.55. The second-order valence-corrected chi connectivity index (χ2v) is 6.85. The van der Waals surface area contributed by atoms with Crippen LogP contribution in [0.25, 0.3) is 0 Å². The molecule has 4 nitrogen and oxygen atoms in total. The van der Waals surface area contributed by atoms with E-state index in [-0.39, 0.29) is 0 Å². The number of ether oxygens (including phenoxy) is 1. The topological polar surface area (TPSA) is 55.4 Å². The Bertz CT molecular complexity index is 822. The van der Waals surface area contributed by atoms with Gasteiger partial charge in [0, 0.05) is 11.6 Å². The van der Waals surface area contributed by atoms with Crippen LogP contribution in [0.3, 0.4) is 0 Å². The van der Waals surface area contributed by atoms with Gasteiger partial charge in [0.05, 0.1) is 7.11 Å². The second kappa shape index (κ2) is 6.64. The third-order valence-electron chi connectivity index (χ3n) is 3.37. The van der Waals surface area contributed by atoms with Crippen LogP contribution in [0.2, 0.25) is 0 Å². The molecular weight excluding hydrogens is 324 g/mol. The summed E-state index contributed by atoms with van der Waals surface area (Å²) in [7, 11) is -2.75. The van der Waals surface area contributed by atoms with Crippen molar-refractivity contribution in [1.29, 1.82) is 0 Å². The monoisotopic (exact) mass is 341 g/mol. The number of benzene rings is 2. The maximum Gasteiger partial charge on any atom is 0.244 e. The average Bonchev–Trinajstić information content (AvgIpc) is 2.49. The molecule has 0 aliphatic carbocycles. The highest BCUT2D eigenvalue weighted by molar-refractivity contribution is 7.89. The Labute approximate surface area is 134 Å². The molecule has 1 atom stereocenters. The average molecular weight is 341 g/mol. The van der Waals surface area contributed by atoms with E-state index in [0.29, 0.717) is 17.4 Å². The molecule has 0 heterocycles. The van der Waals surface area contributed by atoms with E-state index in [9.17, 15) is 17.2 Å². The summed E-state index contributed by atoms with van der Waals surface area (Å²) in [6.45, 7) is 3.46. The van der Waals surface area contributed by atoms with Gasteiger partial charge in [-0.05, 0) is 38.1 Å². The van der Waals surface area contributed by atoms with Crippen LogP contribution in [-0.4, -0.2) is 15.5 Å². The van der Waals surface area contributed by atoms with Crippen molar-refractivity contribution in [3.63, 3.8) is 0 Å². The maximum absolute atomic E-state index is 13.7. The van der Waals surface area contributed by atoms with Gasteiger partial charge in [-0.2, -0.15) is 0 Å². The minimum Gasteiger partial charge on any atom is -0.496 e. The van der Waals surface area contributed by atoms with Gasteiger partial charge in [-0.15, -0.1) is 0 Å². The quantitative estimate of drug-likeness (QED) is 0.908. The zero-order chi connectivity index (χ0) is 17.2. The molecular formula is C16H17F2NO3S. The normalized spacial score (nSPS) is 12.9. The van der Waals surface area contributed by atoms with E-state index < -0.39 is 32.6 Å². The van der Waals surface area contributed by atoms with Gasteiger partial charge in [-0.3, -0.25) is 0 Å². The van der Waals surface area contributed by atoms with E-state index >= 15 is 0 Å². The van der Waals surface area contributed by atoms with E-state index in [1.807, 2.05) is 13.0 Å². The molecule has 2 rings (SSSR count). The molecule has 7 heteroatoms. The van der Waals surface area contributed by atoms with Gasteiger partial charge in [-0.1, -0.05) is 17.7 Å². The molecule has 0 aliphatic rings. The predicted octanol–water partition coefficient (Wildman–Crippen LogP) is 3.32. The molecule has 0 spiro atoms. The molecule has 2 aromatic rings. The van der Waals surface area contributed by atoms with Crippen LogP contribution >= 0.6 is 0 Å². The molecule has 2 aromatic carbocycles. The first-order valence-corrected chi connectivity index (χ1v) is 8.35. The second-order valence-electron chi connectivity index (χ2n) is 5.16. The van der Waals surface area contributed by atoms with Gasteiger partial charge in [0.25, 0.3) is 0 Å². The third kappa shape index (κ3) is 3.86. The minimum atomic E-state index is -4.22. The number of hydrogen-bond donors (Lipinski definition) is 1. The predicted molar refractivity (Wildman–Crippen MR) is 82.8 cm³/mol. The zero-order valence-corrected chi connectivity index (χ0v) is 13.7. The van der Waals surface area contributed by atoms with Crippen molar-refractivity contribution in [2.75, 3.05) is 7.11 Å². The number of nitrogens with one attached hydrogen (secondary N) is 1. The largest absolute Gasteiger partial charge is 0.496 e. The van der Waals surface area contributed by atoms with Crippen molar-refractivity contribution >= 4 is 10.0 Å². The van der Waals surface area contributed by atoms with Crippen LogP contribution in [0.5, 0.6) is 5.75 Å². The molecule has 124 valence electrons. The third-order valence-corrected chi connectivity index (χ3v) is 4.92. The maximum atomic E-state index is 13.7. The number of methoxy groups -OCH3 is 1. The van der Waals surface area contributed by atoms with Crippen molar-refractivity contribution in [2.24, 2.45) is 0 Å². The lowest BCUT2D eigenvalue weighted by atomic mass is 10.1. The van der Waals surface area contributed by atoms with Crippen LogP contribution in [0.1, 0.15) is 24.1 Å². The molecule has 0 saturated heterocycles. The Morgan fingerprint density at radius 3 is 2.48 bits per heavy atom. The molecule has 0 saturated carbocycles. The fourth-order valence-electron chi connectivity index (χ4n) is 2.23. The molecule has 0 radical (unpaired) electrons. The number of aryl methyl sites for hydroxylation is 1. The number of rotatable bonds is 5. The van der Waals surface area contributed by atoms with Crippen molar-refractivity contribution < 1.29 is 21.9 Å². The zero-order valence-electron chi connectivity index (χ0n) is 12.9. The molecule has 0 amide bonds. The molecule has 0 aromatic heterocycles. The Hall–Kier alpha value is -1.99. The van der Waals surface area contributed by atoms with E-state index in [1.165, 1.54) is 7.11 Å². The molecule has 23 heavy (non-hydrogen) atoms. The highest BCUT2D eigenvalue weighted by Gasteiger charge is 2.24. The molecule has 0 aliphatic heterocycles. The fraction of sp³-hybridized carbons (Fsp3) is 0.250. The van der Waals surface area contributed by atoms with Crippen molar-refractivity contribution in [3.05, 3.63) is 59.2 Å². The van der Waals surface area contributed by atoms with Gasteiger partial charge >= 0.3 is 0 Å². The summed E-state index contributed by atoms with van der Waals surface area (Å²) in [5.74, 6) is -1.33. The van der Waals surface area contributed by atoms with E-state index in [0.717, 1.165) is 17.7 Å². The van der Waals surface area contributed by atoms with Crippen LogP contribution in [-0.2, 0) is 10.0 Å². The Balaban J connectivity index is 2.37. The van der Waals surface area contributed by atoms with Gasteiger partial charge in [0.2, 0.25) is 10.0 Å². The standard InChI is InChI=1S/C16H17F2NO3S/c1-10-4-7-15(22-3)13(8-10)11(2)19-23(20,21)16-9-12(17)5-6-14(16)18/h4-9,11,19H,1-3H3/t11-/m0/s1. The summed E-state index contributed by atoms with van der Waals surface area (Å²) >= 11 is 0. The smallest absolute Gasteiger partial charge is 0.244 e. The highest BCUT2D eigenvalue weighted by atomic mass is 32.2. The first-order valence-electron chi connectivity index (χ1n) is 6.86. The van der Waals surface area contributed by atoms with Gasteiger partial charge in [-0.25, -0.2) is 21.9 Å². The van der Waals surface area contributed by atoms with Gasteiger partial charge < -0.3 is 4.74 Å². The number of sulfonamides is 1. The lowest BCUT2D eigenvalue weighted by molar-refractivity contribution is 0.405. The Morgan fingerprint density at radius 1 is 1.13 bits per heavy atom. The van der Waals surface area contributed by atoms with Crippen molar-refractivity contribution in [2.45, 2.75) is 24.8 Å².